The first kappa shape index (κ1) is 11.0. The maximum absolute atomic E-state index is 11.6. The fourth-order valence-corrected chi connectivity index (χ4v) is 2.09. The summed E-state index contributed by atoms with van der Waals surface area (Å²) in [5, 5.41) is 3.19. The molecule has 0 saturated carbocycles. The highest BCUT2D eigenvalue weighted by atomic mass is 35.5. The van der Waals surface area contributed by atoms with Crippen LogP contribution in [0.2, 0.25) is 5.02 Å². The van der Waals surface area contributed by atoms with Gasteiger partial charge in [0.15, 0.2) is 0 Å². The van der Waals surface area contributed by atoms with E-state index in [-0.39, 0.29) is 0 Å². The van der Waals surface area contributed by atoms with Gasteiger partial charge in [0.1, 0.15) is 0 Å². The van der Waals surface area contributed by atoms with E-state index in [4.69, 9.17) is 11.6 Å². The van der Waals surface area contributed by atoms with Crippen LogP contribution in [0.25, 0.3) is 11.1 Å². The van der Waals surface area contributed by atoms with Crippen molar-refractivity contribution in [2.75, 3.05) is 5.32 Å². The van der Waals surface area contributed by atoms with Crippen molar-refractivity contribution in [3.8, 4) is 11.1 Å². The first-order chi connectivity index (χ1) is 8.65. The number of amides is 1. The Morgan fingerprint density at radius 3 is 2.28 bits per heavy atom. The number of rotatable bonds is 1. The van der Waals surface area contributed by atoms with Crippen LogP contribution < -0.4 is 5.32 Å². The SMILES string of the molecule is O=C1Nc2ccc(-c3ccc(Cl)cc3)cc2C1=O. The molecule has 1 aliphatic heterocycles. The summed E-state index contributed by atoms with van der Waals surface area (Å²) < 4.78 is 0. The van der Waals surface area contributed by atoms with E-state index >= 15 is 0 Å². The van der Waals surface area contributed by atoms with Crippen LogP contribution in [-0.4, -0.2) is 11.7 Å². The molecule has 3 nitrogen and oxygen atoms in total. The highest BCUT2D eigenvalue weighted by Crippen LogP contribution is 2.29. The van der Waals surface area contributed by atoms with E-state index in [0.29, 0.717) is 16.3 Å². The molecule has 1 N–H and O–H groups in total. The molecule has 0 bridgehead atoms. The van der Waals surface area contributed by atoms with E-state index in [0.717, 1.165) is 11.1 Å². The largest absolute Gasteiger partial charge is 0.318 e. The van der Waals surface area contributed by atoms with Crippen LogP contribution in [0.3, 0.4) is 0 Å². The third-order valence-electron chi connectivity index (χ3n) is 2.90. The molecule has 3 rings (SSSR count). The molecule has 0 unspecified atom stereocenters. The fourth-order valence-electron chi connectivity index (χ4n) is 1.96. The van der Waals surface area contributed by atoms with Gasteiger partial charge in [0.2, 0.25) is 0 Å². The summed E-state index contributed by atoms with van der Waals surface area (Å²) in [6, 6.07) is 12.6. The highest BCUT2D eigenvalue weighted by molar-refractivity contribution is 6.51. The first-order valence-electron chi connectivity index (χ1n) is 5.41. The van der Waals surface area contributed by atoms with Gasteiger partial charge in [-0.2, -0.15) is 0 Å². The number of ketones is 1. The molecule has 1 heterocycles. The Hall–Kier alpha value is -2.13. The third-order valence-corrected chi connectivity index (χ3v) is 3.15. The van der Waals surface area contributed by atoms with Crippen LogP contribution in [0, 0.1) is 0 Å². The lowest BCUT2D eigenvalue weighted by molar-refractivity contribution is -0.112. The van der Waals surface area contributed by atoms with Crippen LogP contribution in [0.5, 0.6) is 0 Å². The fraction of sp³-hybridized carbons (Fsp3) is 0. The second-order valence-electron chi connectivity index (χ2n) is 4.05. The number of Topliss-reactive ketones (excluding diaryl/α,β-unsaturated/α-hetero) is 1. The Bertz CT molecular complexity index is 662. The topological polar surface area (TPSA) is 46.2 Å². The molecular formula is C14H8ClNO2. The number of carbonyl (C=O) groups is 2. The van der Waals surface area contributed by atoms with Gasteiger partial charge in [-0.15, -0.1) is 0 Å². The summed E-state index contributed by atoms with van der Waals surface area (Å²) in [5.74, 6) is -1.06. The number of benzene rings is 2. The lowest BCUT2D eigenvalue weighted by atomic mass is 10.0. The highest BCUT2D eigenvalue weighted by Gasteiger charge is 2.27. The smallest absolute Gasteiger partial charge is 0.296 e. The lowest BCUT2D eigenvalue weighted by Gasteiger charge is -2.04. The van der Waals surface area contributed by atoms with Gasteiger partial charge in [0.25, 0.3) is 11.7 Å². The third kappa shape index (κ3) is 1.69. The van der Waals surface area contributed by atoms with Gasteiger partial charge in [-0.05, 0) is 35.4 Å². The van der Waals surface area contributed by atoms with E-state index < -0.39 is 11.7 Å². The monoisotopic (exact) mass is 257 g/mol. The van der Waals surface area contributed by atoms with Crippen LogP contribution in [-0.2, 0) is 4.79 Å². The van der Waals surface area contributed by atoms with Crippen molar-refractivity contribution in [3.05, 3.63) is 53.1 Å². The molecule has 0 fully saturated rings. The molecule has 2 aromatic rings. The predicted octanol–water partition coefficient (Wildman–Crippen LogP) is 3.14. The maximum Gasteiger partial charge on any atom is 0.296 e. The molecule has 18 heavy (non-hydrogen) atoms. The second kappa shape index (κ2) is 3.96. The quantitative estimate of drug-likeness (QED) is 0.798. The molecule has 0 spiro atoms. The van der Waals surface area contributed by atoms with Gasteiger partial charge < -0.3 is 5.32 Å². The zero-order valence-electron chi connectivity index (χ0n) is 9.24. The second-order valence-corrected chi connectivity index (χ2v) is 4.49. The Kier molecular flexibility index (Phi) is 2.42. The van der Waals surface area contributed by atoms with Gasteiger partial charge in [0.05, 0.1) is 11.3 Å². The van der Waals surface area contributed by atoms with Crippen LogP contribution in [0.4, 0.5) is 5.69 Å². The van der Waals surface area contributed by atoms with Crippen molar-refractivity contribution in [3.63, 3.8) is 0 Å². The normalized spacial score (nSPS) is 13.4. The van der Waals surface area contributed by atoms with Gasteiger partial charge in [0, 0.05) is 5.02 Å². The van der Waals surface area contributed by atoms with E-state index in [1.165, 1.54) is 0 Å². The minimum Gasteiger partial charge on any atom is -0.318 e. The molecule has 88 valence electrons. The van der Waals surface area contributed by atoms with Crippen molar-refractivity contribution in [2.24, 2.45) is 0 Å². The summed E-state index contributed by atoms with van der Waals surface area (Å²) in [6.45, 7) is 0. The van der Waals surface area contributed by atoms with Crippen molar-refractivity contribution in [1.29, 1.82) is 0 Å². The molecular weight excluding hydrogens is 250 g/mol. The zero-order valence-corrected chi connectivity index (χ0v) is 9.99. The lowest BCUT2D eigenvalue weighted by Crippen LogP contribution is -2.12. The number of hydrogen-bond acceptors (Lipinski definition) is 2. The van der Waals surface area contributed by atoms with E-state index in [9.17, 15) is 9.59 Å². The zero-order chi connectivity index (χ0) is 12.7. The Balaban J connectivity index is 2.09. The molecule has 4 heteroatoms. The average Bonchev–Trinajstić information content (AvgIpc) is 2.66. The summed E-state index contributed by atoms with van der Waals surface area (Å²) in [5.41, 5.74) is 2.83. The molecule has 0 atom stereocenters. The molecule has 0 aliphatic carbocycles. The summed E-state index contributed by atoms with van der Waals surface area (Å²) in [6.07, 6.45) is 0. The van der Waals surface area contributed by atoms with Gasteiger partial charge in [-0.1, -0.05) is 29.8 Å². The van der Waals surface area contributed by atoms with Crippen molar-refractivity contribution in [1.82, 2.24) is 0 Å². The first-order valence-corrected chi connectivity index (χ1v) is 5.78. The van der Waals surface area contributed by atoms with Crippen molar-refractivity contribution in [2.45, 2.75) is 0 Å². The molecule has 0 aromatic heterocycles. The molecule has 1 aliphatic rings. The van der Waals surface area contributed by atoms with E-state index in [2.05, 4.69) is 5.32 Å². The average molecular weight is 258 g/mol. The van der Waals surface area contributed by atoms with Crippen molar-refractivity contribution < 1.29 is 9.59 Å². The maximum atomic E-state index is 11.6. The Morgan fingerprint density at radius 2 is 1.56 bits per heavy atom. The Morgan fingerprint density at radius 1 is 0.889 bits per heavy atom. The summed E-state index contributed by atoms with van der Waals surface area (Å²) in [7, 11) is 0. The minimum absolute atomic E-state index is 0.424. The molecule has 2 aromatic carbocycles. The Labute approximate surface area is 108 Å². The number of carbonyl (C=O) groups excluding carboxylic acids is 2. The van der Waals surface area contributed by atoms with Gasteiger partial charge in [-0.3, -0.25) is 9.59 Å². The number of nitrogens with one attached hydrogen (secondary N) is 1. The van der Waals surface area contributed by atoms with Crippen LogP contribution in [0.15, 0.2) is 42.5 Å². The van der Waals surface area contributed by atoms with Crippen LogP contribution >= 0.6 is 11.6 Å². The molecule has 0 saturated heterocycles. The number of halogens is 1. The van der Waals surface area contributed by atoms with Gasteiger partial charge in [-0.25, -0.2) is 0 Å². The van der Waals surface area contributed by atoms with Crippen molar-refractivity contribution >= 4 is 29.0 Å². The van der Waals surface area contributed by atoms with E-state index in [1.54, 1.807) is 24.3 Å². The van der Waals surface area contributed by atoms with Gasteiger partial charge >= 0.3 is 0 Å². The van der Waals surface area contributed by atoms with Crippen LogP contribution in [0.1, 0.15) is 10.4 Å². The van der Waals surface area contributed by atoms with E-state index in [1.807, 2.05) is 18.2 Å². The number of fused-ring (bicyclic) bond motifs is 1. The molecule has 0 radical (unpaired) electrons. The summed E-state index contributed by atoms with van der Waals surface area (Å²) >= 11 is 5.83. The summed E-state index contributed by atoms with van der Waals surface area (Å²) in [4.78, 5) is 22.8. The number of hydrogen-bond donors (Lipinski definition) is 1. The minimum atomic E-state index is -0.571. The molecule has 1 amide bonds. The number of anilines is 1. The standard InChI is InChI=1S/C14H8ClNO2/c15-10-4-1-8(2-5-10)9-3-6-12-11(7-9)13(17)14(18)16-12/h1-7H,(H,16,17,18). The predicted molar refractivity (Wildman–Crippen MR) is 69.8 cm³/mol.